The highest BCUT2D eigenvalue weighted by atomic mass is 79.9. The van der Waals surface area contributed by atoms with Crippen LogP contribution in [0.4, 0.5) is 0 Å². The predicted octanol–water partition coefficient (Wildman–Crippen LogP) is 4.79. The molecular formula is C16H16BrN3O2S2. The van der Waals surface area contributed by atoms with Crippen LogP contribution < -0.4 is 4.74 Å². The molecule has 0 radical (unpaired) electrons. The molecule has 0 atom stereocenters. The van der Waals surface area contributed by atoms with Crippen molar-refractivity contribution in [3.63, 3.8) is 0 Å². The fourth-order valence-corrected chi connectivity index (χ4v) is 4.05. The van der Waals surface area contributed by atoms with Gasteiger partial charge in [0.05, 0.1) is 23.1 Å². The van der Waals surface area contributed by atoms with Crippen molar-refractivity contribution < 1.29 is 9.15 Å². The number of methoxy groups -OCH3 is 1. The molecule has 0 amide bonds. The van der Waals surface area contributed by atoms with Crippen molar-refractivity contribution >= 4 is 39.5 Å². The number of ether oxygens (including phenoxy) is 1. The van der Waals surface area contributed by atoms with E-state index in [1.165, 1.54) is 4.88 Å². The lowest BCUT2D eigenvalue weighted by Crippen LogP contribution is -2.22. The van der Waals surface area contributed by atoms with Crippen molar-refractivity contribution in [1.82, 2.24) is 14.7 Å². The molecule has 5 nitrogen and oxygen atoms in total. The van der Waals surface area contributed by atoms with Crippen molar-refractivity contribution in [3.8, 4) is 17.2 Å². The molecule has 0 fully saturated rings. The summed E-state index contributed by atoms with van der Waals surface area (Å²) in [5.41, 5.74) is 0.787. The van der Waals surface area contributed by atoms with Gasteiger partial charge in [0.1, 0.15) is 5.75 Å². The highest BCUT2D eigenvalue weighted by molar-refractivity contribution is 9.11. The molecule has 0 aliphatic rings. The molecule has 0 bridgehead atoms. The summed E-state index contributed by atoms with van der Waals surface area (Å²) < 4.78 is 13.8. The zero-order valence-electron chi connectivity index (χ0n) is 13.2. The van der Waals surface area contributed by atoms with Crippen LogP contribution in [-0.2, 0) is 13.2 Å². The summed E-state index contributed by atoms with van der Waals surface area (Å²) in [6.07, 6.45) is 0. The first-order valence-electron chi connectivity index (χ1n) is 7.21. The normalized spacial score (nSPS) is 11.2. The summed E-state index contributed by atoms with van der Waals surface area (Å²) in [5, 5.41) is 4.49. The highest BCUT2D eigenvalue weighted by Crippen LogP contribution is 2.28. The molecule has 0 saturated carbocycles. The van der Waals surface area contributed by atoms with Gasteiger partial charge in [-0.05, 0) is 59.5 Å². The molecule has 0 saturated heterocycles. The van der Waals surface area contributed by atoms with E-state index in [9.17, 15) is 0 Å². The lowest BCUT2D eigenvalue weighted by Gasteiger charge is -2.14. The standard InChI is InChI=1S/C16H16BrN3O2S2/c1-19(9-11-7-8-14(17)24-11)10-20-16(23)22-15(18-20)12-5-3-4-6-13(12)21-2/h3-8H,9-10H2,1-2H3. The minimum Gasteiger partial charge on any atom is -0.496 e. The lowest BCUT2D eigenvalue weighted by atomic mass is 10.2. The Balaban J connectivity index is 1.78. The quantitative estimate of drug-likeness (QED) is 0.530. The van der Waals surface area contributed by atoms with Crippen molar-refractivity contribution in [2.24, 2.45) is 0 Å². The van der Waals surface area contributed by atoms with Gasteiger partial charge in [-0.25, -0.2) is 4.68 Å². The summed E-state index contributed by atoms with van der Waals surface area (Å²) in [6.45, 7) is 1.36. The maximum absolute atomic E-state index is 5.65. The Morgan fingerprint density at radius 3 is 2.83 bits per heavy atom. The van der Waals surface area contributed by atoms with Crippen molar-refractivity contribution in [2.75, 3.05) is 14.2 Å². The zero-order chi connectivity index (χ0) is 17.1. The Labute approximate surface area is 157 Å². The van der Waals surface area contributed by atoms with E-state index in [2.05, 4.69) is 38.1 Å². The Kier molecular flexibility index (Phi) is 5.50. The van der Waals surface area contributed by atoms with E-state index in [-0.39, 0.29) is 0 Å². The van der Waals surface area contributed by atoms with E-state index < -0.39 is 0 Å². The Morgan fingerprint density at radius 2 is 2.12 bits per heavy atom. The number of hydrogen-bond acceptors (Lipinski definition) is 6. The van der Waals surface area contributed by atoms with Crippen LogP contribution in [0.1, 0.15) is 4.88 Å². The highest BCUT2D eigenvalue weighted by Gasteiger charge is 2.14. The largest absolute Gasteiger partial charge is 0.496 e. The van der Waals surface area contributed by atoms with E-state index in [0.717, 1.165) is 15.9 Å². The van der Waals surface area contributed by atoms with E-state index in [1.54, 1.807) is 23.1 Å². The molecule has 0 unspecified atom stereocenters. The molecule has 3 aromatic rings. The molecule has 8 heteroatoms. The monoisotopic (exact) mass is 425 g/mol. The minimum absolute atomic E-state index is 0.343. The third-order valence-electron chi connectivity index (χ3n) is 3.37. The second-order valence-corrected chi connectivity index (χ2v) is 8.13. The number of para-hydroxylation sites is 1. The van der Waals surface area contributed by atoms with Crippen molar-refractivity contribution in [3.05, 3.63) is 49.9 Å². The van der Waals surface area contributed by atoms with Gasteiger partial charge in [-0.2, -0.15) is 0 Å². The number of benzene rings is 1. The predicted molar refractivity (Wildman–Crippen MR) is 101 cm³/mol. The number of aromatic nitrogens is 2. The minimum atomic E-state index is 0.343. The number of halogens is 1. The van der Waals surface area contributed by atoms with Crippen LogP contribution >= 0.6 is 39.5 Å². The van der Waals surface area contributed by atoms with Crippen LogP contribution in [0, 0.1) is 4.84 Å². The maximum atomic E-state index is 5.65. The van der Waals surface area contributed by atoms with Gasteiger partial charge in [-0.1, -0.05) is 12.1 Å². The van der Waals surface area contributed by atoms with Gasteiger partial charge in [0, 0.05) is 11.4 Å². The van der Waals surface area contributed by atoms with Gasteiger partial charge in [0.2, 0.25) is 0 Å². The van der Waals surface area contributed by atoms with Crippen LogP contribution in [0.3, 0.4) is 0 Å². The molecule has 1 aromatic carbocycles. The average molecular weight is 426 g/mol. The first-order valence-corrected chi connectivity index (χ1v) is 9.22. The summed E-state index contributed by atoms with van der Waals surface area (Å²) in [5.74, 6) is 1.17. The van der Waals surface area contributed by atoms with Crippen LogP contribution in [-0.4, -0.2) is 28.8 Å². The molecule has 126 valence electrons. The Hall–Kier alpha value is -1.48. The summed E-state index contributed by atoms with van der Waals surface area (Å²) >= 11 is 10.5. The topological polar surface area (TPSA) is 43.4 Å². The first kappa shape index (κ1) is 17.3. The zero-order valence-corrected chi connectivity index (χ0v) is 16.4. The molecule has 0 aliphatic heterocycles. The number of hydrogen-bond donors (Lipinski definition) is 0. The fraction of sp³-hybridized carbons (Fsp3) is 0.250. The fourth-order valence-electron chi connectivity index (χ4n) is 2.31. The van der Waals surface area contributed by atoms with Crippen LogP contribution in [0.25, 0.3) is 11.5 Å². The van der Waals surface area contributed by atoms with Gasteiger partial charge in [-0.15, -0.1) is 16.4 Å². The summed E-state index contributed by atoms with van der Waals surface area (Å²) in [4.78, 5) is 3.74. The number of nitrogens with zero attached hydrogens (tertiary/aromatic N) is 3. The van der Waals surface area contributed by atoms with Crippen molar-refractivity contribution in [2.45, 2.75) is 13.2 Å². The van der Waals surface area contributed by atoms with Gasteiger partial charge in [0.15, 0.2) is 0 Å². The van der Waals surface area contributed by atoms with Crippen LogP contribution in [0.5, 0.6) is 5.75 Å². The third-order valence-corrected chi connectivity index (χ3v) is 5.28. The molecule has 0 N–H and O–H groups in total. The number of rotatable bonds is 6. The molecule has 2 heterocycles. The second kappa shape index (κ2) is 7.60. The lowest BCUT2D eigenvalue weighted by molar-refractivity contribution is 0.242. The molecule has 3 rings (SSSR count). The molecular weight excluding hydrogens is 410 g/mol. The van der Waals surface area contributed by atoms with Gasteiger partial charge < -0.3 is 9.15 Å². The molecule has 24 heavy (non-hydrogen) atoms. The van der Waals surface area contributed by atoms with Crippen molar-refractivity contribution in [1.29, 1.82) is 0 Å². The third kappa shape index (κ3) is 3.94. The Bertz CT molecular complexity index is 887. The van der Waals surface area contributed by atoms with Crippen LogP contribution in [0.15, 0.2) is 44.6 Å². The van der Waals surface area contributed by atoms with Gasteiger partial charge in [-0.3, -0.25) is 4.90 Å². The summed E-state index contributed by atoms with van der Waals surface area (Å²) in [6, 6.07) is 11.7. The SMILES string of the molecule is COc1ccccc1-c1nn(CN(C)Cc2ccc(Br)s2)c(=S)o1. The smallest absolute Gasteiger partial charge is 0.288 e. The second-order valence-electron chi connectivity index (χ2n) is 5.23. The maximum Gasteiger partial charge on any atom is 0.288 e. The molecule has 0 spiro atoms. The van der Waals surface area contributed by atoms with Gasteiger partial charge >= 0.3 is 0 Å². The summed E-state index contributed by atoms with van der Waals surface area (Å²) in [7, 11) is 3.64. The molecule has 2 aromatic heterocycles. The molecule has 0 aliphatic carbocycles. The van der Waals surface area contributed by atoms with E-state index >= 15 is 0 Å². The van der Waals surface area contributed by atoms with E-state index in [1.807, 2.05) is 31.3 Å². The first-order chi connectivity index (χ1) is 11.6. The van der Waals surface area contributed by atoms with E-state index in [4.69, 9.17) is 21.4 Å². The van der Waals surface area contributed by atoms with E-state index in [0.29, 0.717) is 23.1 Å². The van der Waals surface area contributed by atoms with Gasteiger partial charge in [0.25, 0.3) is 10.7 Å². The Morgan fingerprint density at radius 1 is 1.33 bits per heavy atom. The average Bonchev–Trinajstić information content (AvgIpc) is 3.13. The number of thiophene rings is 1. The van der Waals surface area contributed by atoms with Crippen LogP contribution in [0.2, 0.25) is 0 Å².